The van der Waals surface area contributed by atoms with E-state index in [1.165, 1.54) is 0 Å². The molecule has 2 N–H and O–H groups in total. The second-order valence-corrected chi connectivity index (χ2v) is 6.65. The minimum atomic E-state index is -1.01. The van der Waals surface area contributed by atoms with Gasteiger partial charge in [0.05, 0.1) is 11.0 Å². The van der Waals surface area contributed by atoms with Crippen molar-refractivity contribution >= 4 is 22.9 Å². The number of aliphatic carboxylic acids is 1. The van der Waals surface area contributed by atoms with E-state index in [2.05, 4.69) is 10.3 Å². The van der Waals surface area contributed by atoms with Crippen LogP contribution in [0.1, 0.15) is 37.9 Å². The summed E-state index contributed by atoms with van der Waals surface area (Å²) < 4.78 is 1.55. The molecule has 0 aliphatic rings. The third kappa shape index (κ3) is 4.28. The number of benzene rings is 1. The quantitative estimate of drug-likeness (QED) is 0.785. The van der Waals surface area contributed by atoms with Crippen molar-refractivity contribution < 1.29 is 14.7 Å². The molecular formula is C19H25N3O4. The Hall–Kier alpha value is -2.70. The second kappa shape index (κ2) is 8.12. The molecule has 0 aliphatic carbocycles. The lowest BCUT2D eigenvalue weighted by molar-refractivity contribution is -0.143. The standard InChI is InChI=1S/C19H25N3O4/c1-5-11(2)17(19(25)26)21-16(23)9-7-13-6-8-15-14(10-13)20-12(3)18(24)22(15)4/h6,8,10-11,17H,5,7,9H2,1-4H3,(H,21,23)(H,25,26)/t11-,17+/m0/s1. The largest absolute Gasteiger partial charge is 0.480 e. The van der Waals surface area contributed by atoms with Crippen molar-refractivity contribution in [2.24, 2.45) is 13.0 Å². The topological polar surface area (TPSA) is 101 Å². The highest BCUT2D eigenvalue weighted by Crippen LogP contribution is 2.14. The van der Waals surface area contributed by atoms with Gasteiger partial charge in [-0.3, -0.25) is 9.59 Å². The molecule has 26 heavy (non-hydrogen) atoms. The molecular weight excluding hydrogens is 334 g/mol. The summed E-state index contributed by atoms with van der Waals surface area (Å²) in [5.74, 6) is -1.44. The zero-order valence-electron chi connectivity index (χ0n) is 15.6. The maximum absolute atomic E-state index is 12.1. The van der Waals surface area contributed by atoms with Crippen molar-refractivity contribution in [3.8, 4) is 0 Å². The van der Waals surface area contributed by atoms with Crippen LogP contribution in [0.4, 0.5) is 0 Å². The van der Waals surface area contributed by atoms with Crippen LogP contribution in [0.3, 0.4) is 0 Å². The Morgan fingerprint density at radius 2 is 2.04 bits per heavy atom. The summed E-state index contributed by atoms with van der Waals surface area (Å²) in [4.78, 5) is 39.7. The van der Waals surface area contributed by atoms with Crippen LogP contribution < -0.4 is 10.9 Å². The molecule has 1 amide bonds. The number of hydrogen-bond acceptors (Lipinski definition) is 4. The molecule has 0 unspecified atom stereocenters. The van der Waals surface area contributed by atoms with Crippen molar-refractivity contribution in [3.63, 3.8) is 0 Å². The average Bonchev–Trinajstić information content (AvgIpc) is 2.61. The number of fused-ring (bicyclic) bond motifs is 1. The molecule has 1 heterocycles. The zero-order chi connectivity index (χ0) is 19.4. The Morgan fingerprint density at radius 1 is 1.35 bits per heavy atom. The maximum atomic E-state index is 12.1. The minimum Gasteiger partial charge on any atom is -0.480 e. The normalized spacial score (nSPS) is 13.4. The molecule has 0 saturated carbocycles. The van der Waals surface area contributed by atoms with Crippen molar-refractivity contribution in [2.45, 2.75) is 46.1 Å². The van der Waals surface area contributed by atoms with E-state index in [-0.39, 0.29) is 23.8 Å². The molecule has 0 aliphatic heterocycles. The number of aryl methyl sites for hydroxylation is 3. The Morgan fingerprint density at radius 3 is 2.65 bits per heavy atom. The van der Waals surface area contributed by atoms with Gasteiger partial charge in [0.2, 0.25) is 5.91 Å². The van der Waals surface area contributed by atoms with E-state index in [9.17, 15) is 19.5 Å². The molecule has 2 aromatic rings. The van der Waals surface area contributed by atoms with E-state index in [4.69, 9.17) is 0 Å². The van der Waals surface area contributed by atoms with Crippen molar-refractivity contribution in [3.05, 3.63) is 39.8 Å². The lowest BCUT2D eigenvalue weighted by atomic mass is 9.99. The number of hydrogen-bond donors (Lipinski definition) is 2. The number of aromatic nitrogens is 2. The van der Waals surface area contributed by atoms with Crippen LogP contribution in [0.15, 0.2) is 23.0 Å². The monoisotopic (exact) mass is 359 g/mol. The van der Waals surface area contributed by atoms with E-state index >= 15 is 0 Å². The molecule has 1 aromatic heterocycles. The Bertz CT molecular complexity index is 888. The van der Waals surface area contributed by atoms with Crippen molar-refractivity contribution in [2.75, 3.05) is 0 Å². The molecule has 0 saturated heterocycles. The van der Waals surface area contributed by atoms with E-state index in [1.54, 1.807) is 25.5 Å². The maximum Gasteiger partial charge on any atom is 0.326 e. The Kier molecular flexibility index (Phi) is 6.13. The van der Waals surface area contributed by atoms with E-state index in [0.717, 1.165) is 11.1 Å². The number of carboxylic acid groups (broad SMARTS) is 1. The lowest BCUT2D eigenvalue weighted by Crippen LogP contribution is -2.45. The molecule has 140 valence electrons. The van der Waals surface area contributed by atoms with Gasteiger partial charge in [0, 0.05) is 13.5 Å². The van der Waals surface area contributed by atoms with Gasteiger partial charge in [0.1, 0.15) is 11.7 Å². The van der Waals surface area contributed by atoms with Crippen LogP contribution in [0.25, 0.3) is 11.0 Å². The van der Waals surface area contributed by atoms with Crippen LogP contribution in [0, 0.1) is 12.8 Å². The highest BCUT2D eigenvalue weighted by molar-refractivity contribution is 5.84. The van der Waals surface area contributed by atoms with Crippen LogP contribution in [0.5, 0.6) is 0 Å². The van der Waals surface area contributed by atoms with Gasteiger partial charge in [0.25, 0.3) is 5.56 Å². The molecule has 7 heteroatoms. The molecule has 2 atom stereocenters. The first-order valence-electron chi connectivity index (χ1n) is 8.73. The molecule has 0 fully saturated rings. The fourth-order valence-corrected chi connectivity index (χ4v) is 2.86. The molecule has 0 radical (unpaired) electrons. The van der Waals surface area contributed by atoms with E-state index in [1.807, 2.05) is 25.1 Å². The Balaban J connectivity index is 2.09. The summed E-state index contributed by atoms with van der Waals surface area (Å²) in [5, 5.41) is 11.9. The molecule has 2 rings (SSSR count). The van der Waals surface area contributed by atoms with Crippen LogP contribution in [0.2, 0.25) is 0 Å². The minimum absolute atomic E-state index is 0.130. The SMILES string of the molecule is CC[C@H](C)[C@@H](NC(=O)CCc1ccc2c(c1)nc(C)c(=O)n2C)C(=O)O. The van der Waals surface area contributed by atoms with Gasteiger partial charge in [-0.15, -0.1) is 0 Å². The highest BCUT2D eigenvalue weighted by atomic mass is 16.4. The van der Waals surface area contributed by atoms with Gasteiger partial charge in [-0.1, -0.05) is 26.3 Å². The van der Waals surface area contributed by atoms with Gasteiger partial charge in [-0.2, -0.15) is 0 Å². The first kappa shape index (κ1) is 19.6. The summed E-state index contributed by atoms with van der Waals surface area (Å²) in [7, 11) is 1.70. The summed E-state index contributed by atoms with van der Waals surface area (Å²) >= 11 is 0. The van der Waals surface area contributed by atoms with Gasteiger partial charge in [-0.05, 0) is 37.0 Å². The number of amides is 1. The lowest BCUT2D eigenvalue weighted by Gasteiger charge is -2.20. The highest BCUT2D eigenvalue weighted by Gasteiger charge is 2.25. The average molecular weight is 359 g/mol. The molecule has 1 aromatic carbocycles. The first-order chi connectivity index (χ1) is 12.2. The molecule has 0 bridgehead atoms. The smallest absolute Gasteiger partial charge is 0.326 e. The van der Waals surface area contributed by atoms with Gasteiger partial charge in [0.15, 0.2) is 0 Å². The summed E-state index contributed by atoms with van der Waals surface area (Å²) in [6.45, 7) is 5.37. The first-order valence-corrected chi connectivity index (χ1v) is 8.73. The predicted octanol–water partition coefficient (Wildman–Crippen LogP) is 1.79. The predicted molar refractivity (Wildman–Crippen MR) is 99.1 cm³/mol. The third-order valence-electron chi connectivity index (χ3n) is 4.74. The fourth-order valence-electron chi connectivity index (χ4n) is 2.86. The van der Waals surface area contributed by atoms with Gasteiger partial charge >= 0.3 is 5.97 Å². The van der Waals surface area contributed by atoms with Crippen LogP contribution >= 0.6 is 0 Å². The number of carbonyl (C=O) groups is 2. The number of carbonyl (C=O) groups excluding carboxylic acids is 1. The summed E-state index contributed by atoms with van der Waals surface area (Å²) in [5.41, 5.74) is 2.64. The Labute approximate surface area is 152 Å². The molecule has 0 spiro atoms. The number of carboxylic acids is 1. The van der Waals surface area contributed by atoms with Crippen molar-refractivity contribution in [1.82, 2.24) is 14.9 Å². The van der Waals surface area contributed by atoms with Crippen molar-refractivity contribution in [1.29, 1.82) is 0 Å². The second-order valence-electron chi connectivity index (χ2n) is 6.65. The van der Waals surface area contributed by atoms with E-state index in [0.29, 0.717) is 24.1 Å². The fraction of sp³-hybridized carbons (Fsp3) is 0.474. The summed E-state index contributed by atoms with van der Waals surface area (Å²) in [6, 6.07) is 4.66. The third-order valence-corrected chi connectivity index (χ3v) is 4.74. The number of nitrogens with one attached hydrogen (secondary N) is 1. The van der Waals surface area contributed by atoms with E-state index < -0.39 is 12.0 Å². The van der Waals surface area contributed by atoms with Crippen LogP contribution in [-0.2, 0) is 23.1 Å². The summed E-state index contributed by atoms with van der Waals surface area (Å²) in [6.07, 6.45) is 1.33. The van der Waals surface area contributed by atoms with Crippen LogP contribution in [-0.4, -0.2) is 32.6 Å². The van der Waals surface area contributed by atoms with Gasteiger partial charge < -0.3 is 15.0 Å². The number of nitrogens with zero attached hydrogens (tertiary/aromatic N) is 2. The molecule has 7 nitrogen and oxygen atoms in total. The number of rotatable bonds is 7. The zero-order valence-corrected chi connectivity index (χ0v) is 15.6. The van der Waals surface area contributed by atoms with Gasteiger partial charge in [-0.25, -0.2) is 9.78 Å².